The van der Waals surface area contributed by atoms with Crippen molar-refractivity contribution in [3.63, 3.8) is 0 Å². The molecule has 6 N–H and O–H groups in total. The zero-order chi connectivity index (χ0) is 35.8. The summed E-state index contributed by atoms with van der Waals surface area (Å²) in [5, 5.41) is 48.6. The molecule has 4 fully saturated rings. The van der Waals surface area contributed by atoms with Gasteiger partial charge in [-0.25, -0.2) is 0 Å². The summed E-state index contributed by atoms with van der Waals surface area (Å²) < 4.78 is 14.0. The molecule has 0 unspecified atom stereocenters. The Bertz CT molecular complexity index is 1570. The Morgan fingerprint density at radius 1 is 1.00 bits per heavy atom. The number of rotatable bonds is 18. The van der Waals surface area contributed by atoms with E-state index in [4.69, 9.17) is 9.47 Å². The van der Waals surface area contributed by atoms with Crippen LogP contribution in [-0.2, 0) is 21.7 Å². The van der Waals surface area contributed by atoms with Crippen LogP contribution in [0.15, 0.2) is 66.7 Å². The van der Waals surface area contributed by atoms with E-state index in [1.807, 2.05) is 43.3 Å². The lowest BCUT2D eigenvalue weighted by molar-refractivity contribution is -0.946. The highest BCUT2D eigenvalue weighted by atomic mass is 16.5. The predicted molar refractivity (Wildman–Crippen MR) is 196 cm³/mol. The van der Waals surface area contributed by atoms with Crippen molar-refractivity contribution in [2.45, 2.75) is 82.3 Å². The number of hydrogen-bond donors (Lipinski definition) is 6. The summed E-state index contributed by atoms with van der Waals surface area (Å²) >= 11 is 0. The summed E-state index contributed by atoms with van der Waals surface area (Å²) in [4.78, 5) is 10.8. The van der Waals surface area contributed by atoms with Crippen LogP contribution < -0.4 is 15.4 Å². The minimum Gasteiger partial charge on any atom is -0.506 e. The van der Waals surface area contributed by atoms with Crippen molar-refractivity contribution in [2.24, 2.45) is 11.8 Å². The second-order valence-corrected chi connectivity index (χ2v) is 15.1. The van der Waals surface area contributed by atoms with E-state index in [2.05, 4.69) is 22.8 Å². The minimum atomic E-state index is -0.938. The van der Waals surface area contributed by atoms with E-state index in [0.717, 1.165) is 79.5 Å². The number of piperidine rings is 3. The van der Waals surface area contributed by atoms with Gasteiger partial charge in [0.2, 0.25) is 6.41 Å². The van der Waals surface area contributed by atoms with Crippen LogP contribution in [-0.4, -0.2) is 83.4 Å². The first-order valence-electron chi connectivity index (χ1n) is 18.8. The number of nitrogens with one attached hydrogen (secondary N) is 2. The van der Waals surface area contributed by atoms with Gasteiger partial charge in [0.25, 0.3) is 0 Å². The quantitative estimate of drug-likeness (QED) is 0.0454. The van der Waals surface area contributed by atoms with Gasteiger partial charge in [0.1, 0.15) is 29.7 Å². The molecular weight excluding hydrogens is 646 g/mol. The number of phenolic OH excluding ortho intramolecular Hbond substituents is 1. The highest BCUT2D eigenvalue weighted by Crippen LogP contribution is 2.43. The molecule has 3 aromatic rings. The fraction of sp³-hybridized carbons (Fsp3) is 0.537. The van der Waals surface area contributed by atoms with E-state index in [1.165, 1.54) is 18.9 Å². The number of phenols is 1. The molecule has 10 nitrogen and oxygen atoms in total. The van der Waals surface area contributed by atoms with E-state index < -0.39 is 11.7 Å². The third-order valence-corrected chi connectivity index (χ3v) is 11.9. The number of aromatic hydroxyl groups is 1. The molecule has 51 heavy (non-hydrogen) atoms. The number of ether oxygens (including phenoxy) is 2. The fourth-order valence-corrected chi connectivity index (χ4v) is 8.70. The van der Waals surface area contributed by atoms with Gasteiger partial charge in [-0.1, -0.05) is 55.3 Å². The number of aliphatic hydroxyl groups excluding tert-OH is 2. The summed E-state index contributed by atoms with van der Waals surface area (Å²) in [6, 6.07) is 20.5. The molecule has 3 heterocycles. The van der Waals surface area contributed by atoms with E-state index in [1.54, 1.807) is 12.1 Å². The number of quaternary nitrogens is 1. The molecule has 0 radical (unpaired) electrons. The molecule has 4 aliphatic rings. The summed E-state index contributed by atoms with van der Waals surface area (Å²) in [5.74, 6) is 1.41. The molecular formula is C41H56N3O7+. The van der Waals surface area contributed by atoms with Crippen LogP contribution in [0.25, 0.3) is 0 Å². The summed E-state index contributed by atoms with van der Waals surface area (Å²) in [6.45, 7) is 7.34. The van der Waals surface area contributed by atoms with Gasteiger partial charge in [-0.3, -0.25) is 4.79 Å². The van der Waals surface area contributed by atoms with Gasteiger partial charge >= 0.3 is 0 Å². The smallest absolute Gasteiger partial charge is 0.211 e. The maximum atomic E-state index is 12.0. The van der Waals surface area contributed by atoms with Gasteiger partial charge in [0, 0.05) is 43.3 Å². The number of aliphatic hydroxyl groups is 3. The third kappa shape index (κ3) is 8.76. The van der Waals surface area contributed by atoms with Crippen LogP contribution in [0, 0.1) is 11.8 Å². The Labute approximate surface area is 302 Å². The van der Waals surface area contributed by atoms with Crippen LogP contribution in [0.2, 0.25) is 0 Å². The maximum Gasteiger partial charge on any atom is 0.211 e. The number of carbonyl (C=O) groups is 1. The normalized spacial score (nSPS) is 24.2. The number of carbonyl (C=O) groups excluding carboxylic acids is 1. The number of hydrogen-bond acceptors (Lipinski definition) is 8. The Morgan fingerprint density at radius 3 is 2.47 bits per heavy atom. The number of fused-ring (bicyclic) bond motifs is 3. The van der Waals surface area contributed by atoms with E-state index in [-0.39, 0.29) is 42.7 Å². The number of amides is 1. The van der Waals surface area contributed by atoms with Gasteiger partial charge < -0.3 is 45.0 Å². The fourth-order valence-electron chi connectivity index (χ4n) is 8.70. The molecule has 1 amide bonds. The van der Waals surface area contributed by atoms with Crippen molar-refractivity contribution < 1.29 is 39.2 Å². The van der Waals surface area contributed by atoms with Crippen molar-refractivity contribution in [1.29, 1.82) is 0 Å². The Hall–Kier alpha value is -3.51. The van der Waals surface area contributed by atoms with Crippen LogP contribution in [0.4, 0.5) is 5.69 Å². The zero-order valence-electron chi connectivity index (χ0n) is 29.9. The first-order valence-corrected chi connectivity index (χ1v) is 18.8. The second kappa shape index (κ2) is 16.9. The summed E-state index contributed by atoms with van der Waals surface area (Å²) in [5.41, 5.74) is 2.52. The molecule has 3 saturated heterocycles. The van der Waals surface area contributed by atoms with Gasteiger partial charge in [-0.05, 0) is 66.6 Å². The van der Waals surface area contributed by atoms with Gasteiger partial charge in [-0.2, -0.15) is 0 Å². The van der Waals surface area contributed by atoms with Gasteiger partial charge in [0.15, 0.2) is 0 Å². The SMILES string of the molecule is C[C@H](NC[C@H](O)c1ccc(O)c(NC=O)c1)c1ccc(OCCC[N+]23CCC(CC2)[C@@H](OC[C@@](O)(c2ccccc2)C2CCCC2)C3)c(CO)c1. The standard InChI is InChI=1S/C41H55N3O7/c1-29(42-24-38(48)32-12-14-37(47)36(23-32)43-28-46)31-13-15-39(33(22-31)26-45)50-21-7-18-44-19-16-30(17-20-44)40(25-44)51-27-41(49,35-10-5-6-11-35)34-8-3-2-4-9-34/h2-4,8-9,12-15,22-23,28-30,35,38,40,42,45,48-49H,5-7,10-11,16-21,24-27H2,1H3,(H-,43,46,47)/p+1/t29-,30?,38-,40-,41+,44?/m0/s1. The van der Waals surface area contributed by atoms with Crippen LogP contribution in [0.1, 0.15) is 86.3 Å². The first-order chi connectivity index (χ1) is 24.7. The zero-order valence-corrected chi connectivity index (χ0v) is 29.9. The topological polar surface area (TPSA) is 141 Å². The van der Waals surface area contributed by atoms with Gasteiger partial charge in [-0.15, -0.1) is 0 Å². The molecule has 3 aromatic carbocycles. The lowest BCUT2D eigenvalue weighted by atomic mass is 9.80. The minimum absolute atomic E-state index is 0.0694. The van der Waals surface area contributed by atoms with Crippen LogP contribution in [0.5, 0.6) is 11.5 Å². The Balaban J connectivity index is 0.988. The first kappa shape index (κ1) is 37.3. The summed E-state index contributed by atoms with van der Waals surface area (Å²) in [7, 11) is 0. The van der Waals surface area contributed by atoms with Gasteiger partial charge in [0.05, 0.1) is 51.2 Å². The van der Waals surface area contributed by atoms with Crippen molar-refractivity contribution in [3.8, 4) is 11.5 Å². The van der Waals surface area contributed by atoms with Crippen LogP contribution in [0.3, 0.4) is 0 Å². The van der Waals surface area contributed by atoms with Crippen molar-refractivity contribution in [2.75, 3.05) is 51.3 Å². The molecule has 3 aliphatic heterocycles. The molecule has 2 bridgehead atoms. The Morgan fingerprint density at radius 2 is 1.75 bits per heavy atom. The maximum absolute atomic E-state index is 12.0. The lowest BCUT2D eigenvalue weighted by Gasteiger charge is -2.53. The average molecular weight is 703 g/mol. The van der Waals surface area contributed by atoms with E-state index >= 15 is 0 Å². The largest absolute Gasteiger partial charge is 0.506 e. The molecule has 276 valence electrons. The van der Waals surface area contributed by atoms with E-state index in [0.29, 0.717) is 36.9 Å². The third-order valence-electron chi connectivity index (χ3n) is 11.9. The predicted octanol–water partition coefficient (Wildman–Crippen LogP) is 5.31. The molecule has 4 atom stereocenters. The van der Waals surface area contributed by atoms with Crippen molar-refractivity contribution in [3.05, 3.63) is 89.0 Å². The van der Waals surface area contributed by atoms with Crippen molar-refractivity contribution >= 4 is 12.1 Å². The average Bonchev–Trinajstić information content (AvgIpc) is 3.72. The molecule has 0 spiro atoms. The van der Waals surface area contributed by atoms with Crippen molar-refractivity contribution in [1.82, 2.24) is 5.32 Å². The monoisotopic (exact) mass is 702 g/mol. The molecule has 10 heteroatoms. The highest BCUT2D eigenvalue weighted by Gasteiger charge is 2.48. The summed E-state index contributed by atoms with van der Waals surface area (Å²) in [6.07, 6.45) is 7.45. The molecule has 7 rings (SSSR count). The Kier molecular flexibility index (Phi) is 12.3. The molecule has 1 saturated carbocycles. The number of nitrogens with zero attached hydrogens (tertiary/aromatic N) is 1. The molecule has 1 aliphatic carbocycles. The van der Waals surface area contributed by atoms with Crippen LogP contribution >= 0.6 is 0 Å². The number of anilines is 1. The number of benzene rings is 3. The molecule has 0 aromatic heterocycles. The lowest BCUT2D eigenvalue weighted by Crippen LogP contribution is -2.65. The second-order valence-electron chi connectivity index (χ2n) is 15.1. The highest BCUT2D eigenvalue weighted by molar-refractivity contribution is 5.75. The van der Waals surface area contributed by atoms with E-state index in [9.17, 15) is 25.2 Å².